The van der Waals surface area contributed by atoms with Gasteiger partial charge < -0.3 is 25.4 Å². The third-order valence-corrected chi connectivity index (χ3v) is 5.16. The summed E-state index contributed by atoms with van der Waals surface area (Å²) >= 11 is 0. The summed E-state index contributed by atoms with van der Waals surface area (Å²) < 4.78 is 10.8. The van der Waals surface area contributed by atoms with Crippen molar-refractivity contribution in [3.63, 3.8) is 0 Å². The minimum Gasteiger partial charge on any atom is -0.479 e. The lowest BCUT2D eigenvalue weighted by Crippen LogP contribution is -2.47. The van der Waals surface area contributed by atoms with Crippen molar-refractivity contribution >= 4 is 29.3 Å². The molecule has 3 amide bonds. The lowest BCUT2D eigenvalue weighted by Gasteiger charge is -2.25. The summed E-state index contributed by atoms with van der Waals surface area (Å²) in [5, 5.41) is 8.21. The van der Waals surface area contributed by atoms with E-state index in [9.17, 15) is 14.4 Å². The minimum atomic E-state index is -0.782. The number of carbonyl (C=O) groups excluding carboxylic acids is 3. The van der Waals surface area contributed by atoms with Crippen LogP contribution in [0, 0.1) is 5.92 Å². The fourth-order valence-corrected chi connectivity index (χ4v) is 3.10. The van der Waals surface area contributed by atoms with Crippen molar-refractivity contribution in [3.05, 3.63) is 54.1 Å². The first-order valence-corrected chi connectivity index (χ1v) is 10.3. The van der Waals surface area contributed by atoms with Crippen molar-refractivity contribution < 1.29 is 23.9 Å². The summed E-state index contributed by atoms with van der Waals surface area (Å²) in [7, 11) is 0. The van der Waals surface area contributed by atoms with E-state index in [1.807, 2.05) is 44.2 Å². The van der Waals surface area contributed by atoms with Gasteiger partial charge in [0.25, 0.3) is 5.91 Å². The molecule has 2 aromatic carbocycles. The highest BCUT2D eigenvalue weighted by atomic mass is 16.5. The van der Waals surface area contributed by atoms with Crippen LogP contribution in [0.1, 0.15) is 32.8 Å². The van der Waals surface area contributed by atoms with E-state index in [4.69, 9.17) is 9.47 Å². The first kappa shape index (κ1) is 22.1. The van der Waals surface area contributed by atoms with E-state index in [2.05, 4.69) is 16.0 Å². The molecule has 0 fully saturated rings. The topological polar surface area (TPSA) is 106 Å². The Morgan fingerprint density at radius 3 is 2.65 bits per heavy atom. The molecule has 3 rings (SSSR count). The first-order valence-electron chi connectivity index (χ1n) is 10.3. The summed E-state index contributed by atoms with van der Waals surface area (Å²) in [6, 6.07) is 13.5. The predicted molar refractivity (Wildman–Crippen MR) is 117 cm³/mol. The highest BCUT2D eigenvalue weighted by molar-refractivity contribution is 6.00. The fourth-order valence-electron chi connectivity index (χ4n) is 3.10. The smallest absolute Gasteiger partial charge is 0.408 e. The van der Waals surface area contributed by atoms with Crippen LogP contribution >= 0.6 is 0 Å². The van der Waals surface area contributed by atoms with Crippen LogP contribution in [0.5, 0.6) is 5.75 Å². The van der Waals surface area contributed by atoms with Crippen LogP contribution in [0.3, 0.4) is 0 Å². The number of hydrogen-bond acceptors (Lipinski definition) is 5. The van der Waals surface area contributed by atoms with Gasteiger partial charge in [-0.25, -0.2) is 4.79 Å². The Kier molecular flexibility index (Phi) is 7.12. The molecule has 8 heteroatoms. The molecule has 31 heavy (non-hydrogen) atoms. The molecule has 0 aromatic heterocycles. The Morgan fingerprint density at radius 1 is 1.19 bits per heavy atom. The number of alkyl carbamates (subject to hydrolysis) is 1. The number of amides is 3. The second-order valence-electron chi connectivity index (χ2n) is 7.52. The predicted octanol–water partition coefficient (Wildman–Crippen LogP) is 3.69. The van der Waals surface area contributed by atoms with Crippen LogP contribution in [0.4, 0.5) is 16.2 Å². The highest BCUT2D eigenvalue weighted by Crippen LogP contribution is 2.32. The fraction of sp³-hybridized carbons (Fsp3) is 0.348. The third-order valence-electron chi connectivity index (χ3n) is 5.16. The highest BCUT2D eigenvalue weighted by Gasteiger charge is 2.28. The maximum atomic E-state index is 12.9. The number of hydrogen-bond donors (Lipinski definition) is 3. The van der Waals surface area contributed by atoms with Crippen LogP contribution in [0.25, 0.3) is 0 Å². The number of nitrogens with one attached hydrogen (secondary N) is 3. The second kappa shape index (κ2) is 9.97. The largest absolute Gasteiger partial charge is 0.479 e. The Bertz CT molecular complexity index is 947. The van der Waals surface area contributed by atoms with Crippen LogP contribution in [0.15, 0.2) is 48.5 Å². The van der Waals surface area contributed by atoms with Gasteiger partial charge in [-0.2, -0.15) is 0 Å². The number of rotatable bonds is 7. The van der Waals surface area contributed by atoms with Crippen molar-refractivity contribution in [1.82, 2.24) is 5.32 Å². The van der Waals surface area contributed by atoms with Crippen LogP contribution in [-0.2, 0) is 20.9 Å². The SMILES string of the molecule is CC[C@H](C)[C@@H](NC(=O)OCc1ccccc1)C(=O)Nc1ccc2c(c1)NC(=O)[C@@H](C)O2. The number of fused-ring (bicyclic) bond motifs is 1. The maximum absolute atomic E-state index is 12.9. The number of ether oxygens (including phenoxy) is 2. The average molecular weight is 425 g/mol. The number of benzene rings is 2. The molecule has 3 atom stereocenters. The van der Waals surface area contributed by atoms with Gasteiger partial charge in [0, 0.05) is 5.69 Å². The molecule has 1 aliphatic heterocycles. The van der Waals surface area contributed by atoms with Crippen molar-refractivity contribution in [2.75, 3.05) is 10.6 Å². The lowest BCUT2D eigenvalue weighted by atomic mass is 9.98. The molecule has 0 unspecified atom stereocenters. The first-order chi connectivity index (χ1) is 14.9. The molecule has 1 heterocycles. The van der Waals surface area contributed by atoms with E-state index in [1.165, 1.54) is 0 Å². The van der Waals surface area contributed by atoms with Gasteiger partial charge in [0.05, 0.1) is 5.69 Å². The maximum Gasteiger partial charge on any atom is 0.408 e. The lowest BCUT2D eigenvalue weighted by molar-refractivity contribution is -0.122. The zero-order chi connectivity index (χ0) is 22.4. The molecular weight excluding hydrogens is 398 g/mol. The Balaban J connectivity index is 1.64. The van der Waals surface area contributed by atoms with Gasteiger partial charge in [-0.1, -0.05) is 50.6 Å². The molecule has 0 radical (unpaired) electrons. The average Bonchev–Trinajstić information content (AvgIpc) is 2.77. The molecular formula is C23H27N3O5. The molecule has 3 N–H and O–H groups in total. The van der Waals surface area contributed by atoms with E-state index < -0.39 is 18.2 Å². The third kappa shape index (κ3) is 5.75. The van der Waals surface area contributed by atoms with Gasteiger partial charge in [-0.3, -0.25) is 9.59 Å². The molecule has 0 saturated heterocycles. The van der Waals surface area contributed by atoms with Crippen LogP contribution < -0.4 is 20.7 Å². The molecule has 1 aliphatic rings. The van der Waals surface area contributed by atoms with Crippen LogP contribution in [0.2, 0.25) is 0 Å². The Morgan fingerprint density at radius 2 is 1.94 bits per heavy atom. The summed E-state index contributed by atoms with van der Waals surface area (Å²) in [6.07, 6.45) is -0.554. The van der Waals surface area contributed by atoms with Crippen molar-refractivity contribution in [2.45, 2.75) is 45.9 Å². The molecule has 0 aliphatic carbocycles. The molecule has 0 bridgehead atoms. The van der Waals surface area contributed by atoms with Crippen LogP contribution in [-0.4, -0.2) is 30.1 Å². The van der Waals surface area contributed by atoms with E-state index in [0.29, 0.717) is 23.5 Å². The van der Waals surface area contributed by atoms with Crippen molar-refractivity contribution in [3.8, 4) is 5.75 Å². The summed E-state index contributed by atoms with van der Waals surface area (Å²) in [5.74, 6) is -0.212. The molecule has 0 spiro atoms. The van der Waals surface area contributed by atoms with Crippen molar-refractivity contribution in [1.29, 1.82) is 0 Å². The van der Waals surface area contributed by atoms with E-state index >= 15 is 0 Å². The van der Waals surface area contributed by atoms with Gasteiger partial charge in [0.1, 0.15) is 18.4 Å². The van der Waals surface area contributed by atoms with Gasteiger partial charge in [0.15, 0.2) is 6.10 Å². The summed E-state index contributed by atoms with van der Waals surface area (Å²) in [5.41, 5.74) is 1.82. The van der Waals surface area contributed by atoms with Gasteiger partial charge in [-0.05, 0) is 36.6 Å². The summed E-state index contributed by atoms with van der Waals surface area (Å²) in [4.78, 5) is 37.0. The normalized spacial score (nSPS) is 16.7. The monoisotopic (exact) mass is 425 g/mol. The zero-order valence-corrected chi connectivity index (χ0v) is 17.8. The second-order valence-corrected chi connectivity index (χ2v) is 7.52. The van der Waals surface area contributed by atoms with E-state index in [-0.39, 0.29) is 24.3 Å². The van der Waals surface area contributed by atoms with Gasteiger partial charge in [-0.15, -0.1) is 0 Å². The zero-order valence-electron chi connectivity index (χ0n) is 17.8. The quantitative estimate of drug-likeness (QED) is 0.627. The number of anilines is 2. The van der Waals surface area contributed by atoms with E-state index in [1.54, 1.807) is 25.1 Å². The Labute approximate surface area is 181 Å². The van der Waals surface area contributed by atoms with Gasteiger partial charge in [0.2, 0.25) is 5.91 Å². The van der Waals surface area contributed by atoms with Gasteiger partial charge >= 0.3 is 6.09 Å². The minimum absolute atomic E-state index is 0.116. The molecule has 0 saturated carbocycles. The number of carbonyl (C=O) groups is 3. The van der Waals surface area contributed by atoms with Crippen molar-refractivity contribution in [2.24, 2.45) is 5.92 Å². The molecule has 164 valence electrons. The standard InChI is InChI=1S/C23H27N3O5/c1-4-14(2)20(26-23(29)30-13-16-8-6-5-7-9-16)22(28)24-17-10-11-19-18(12-17)25-21(27)15(3)31-19/h5-12,14-15,20H,4,13H2,1-3H3,(H,24,28)(H,25,27)(H,26,29)/t14-,15+,20+/m0/s1. The summed E-state index contributed by atoms with van der Waals surface area (Å²) in [6.45, 7) is 5.59. The molecule has 2 aromatic rings. The molecule has 8 nitrogen and oxygen atoms in total. The van der Waals surface area contributed by atoms with E-state index in [0.717, 1.165) is 5.56 Å². The Hall–Kier alpha value is -3.55.